The fourth-order valence-electron chi connectivity index (χ4n) is 8.79. The van der Waals surface area contributed by atoms with Gasteiger partial charge in [0.05, 0.1) is 39.1 Å². The molecule has 0 radical (unpaired) electrons. The smallest absolute Gasteiger partial charge is 0.306 e. The highest BCUT2D eigenvalue weighted by Crippen LogP contribution is 2.15. The van der Waals surface area contributed by atoms with Crippen LogP contribution in [0.25, 0.3) is 0 Å². The summed E-state index contributed by atoms with van der Waals surface area (Å²) in [6.45, 7) is 15.9. The molecule has 504 valence electrons. The van der Waals surface area contributed by atoms with Gasteiger partial charge in [-0.05, 0) is 130 Å². The van der Waals surface area contributed by atoms with E-state index in [0.717, 1.165) is 193 Å². The van der Waals surface area contributed by atoms with Gasteiger partial charge in [-0.1, -0.05) is 64.2 Å². The molecule has 88 heavy (non-hydrogen) atoms. The summed E-state index contributed by atoms with van der Waals surface area (Å²) in [6.07, 6.45) is 31.8. The average Bonchev–Trinajstić information content (AvgIpc) is 3.14. The molecule has 0 bridgehead atoms. The summed E-state index contributed by atoms with van der Waals surface area (Å²) in [5.41, 5.74) is 0. The second-order valence-electron chi connectivity index (χ2n) is 20.9. The summed E-state index contributed by atoms with van der Waals surface area (Å²) in [5, 5.41) is 43.6. The van der Waals surface area contributed by atoms with E-state index < -0.39 is 0 Å². The van der Waals surface area contributed by atoms with E-state index in [-0.39, 0.29) is 30.8 Å². The minimum atomic E-state index is -0.316. The number of amides is 4. The highest BCUT2D eigenvalue weighted by molar-refractivity contribution is 5.69. The Morgan fingerprint density at radius 1 is 0.364 bits per heavy atom. The van der Waals surface area contributed by atoms with Gasteiger partial charge in [-0.3, -0.25) is 48.8 Å². The number of hydrogen-bond donors (Lipinski definition) is 0. The van der Waals surface area contributed by atoms with E-state index in [0.29, 0.717) is 125 Å². The van der Waals surface area contributed by atoms with Gasteiger partial charge in [0.25, 0.3) is 25.0 Å². The van der Waals surface area contributed by atoms with Gasteiger partial charge in [-0.15, -0.1) is 10.2 Å². The zero-order valence-electron chi connectivity index (χ0n) is 54.0. The standard InChI is InChI=1S/C32H57N5O8.C30H53N5O8/c1-4-41-24-30(2)44-25-31(3)45-32(40)18-12-6-5-7-15-21-37(35(28-38)19-13-8-10-16-22-42-26-33)36(29-39)20-14-9-11-17-23-43-27-34;1-2-39-22-23-40-24-25-43-30(38)16-10-4-3-5-13-19-35(33(28-36)17-11-6-8-14-20-41-26-31)34(29-37)18-12-7-9-15-21-42-27-32/h28-31H,4-25H2,1-3H3;28-29H,2-25H2,1H3. The molecular weight excluding hydrogens is 1140 g/mol. The summed E-state index contributed by atoms with van der Waals surface area (Å²) in [5.74, 6) is -0.453. The number of hydrazine groups is 4. The molecule has 26 nitrogen and oxygen atoms in total. The van der Waals surface area contributed by atoms with Crippen LogP contribution in [0, 0.1) is 46.1 Å². The van der Waals surface area contributed by atoms with Crippen LogP contribution in [0.5, 0.6) is 0 Å². The first-order valence-corrected chi connectivity index (χ1v) is 32.2. The number of carbonyl (C=O) groups excluding carboxylic acids is 6. The van der Waals surface area contributed by atoms with E-state index in [1.54, 1.807) is 55.3 Å². The molecule has 0 heterocycles. The van der Waals surface area contributed by atoms with Gasteiger partial charge in [-0.25, -0.2) is 0 Å². The number of nitriles is 4. The number of rotatable bonds is 66. The zero-order chi connectivity index (χ0) is 65.0. The third-order valence-corrected chi connectivity index (χ3v) is 13.5. The maximum absolute atomic E-state index is 12.2. The molecule has 26 heteroatoms. The Morgan fingerprint density at radius 3 is 1.05 bits per heavy atom. The second-order valence-corrected chi connectivity index (χ2v) is 20.9. The Kier molecular flexibility index (Phi) is 63.5. The second kappa shape index (κ2) is 66.7. The summed E-state index contributed by atoms with van der Waals surface area (Å²) >= 11 is 0. The molecule has 0 aliphatic rings. The molecular formula is C62H110N10O16. The fraction of sp³-hybridized carbons (Fsp3) is 0.839. The molecule has 4 amide bonds. The van der Waals surface area contributed by atoms with Crippen LogP contribution in [0.1, 0.15) is 207 Å². The lowest BCUT2D eigenvalue weighted by Gasteiger charge is -2.38. The van der Waals surface area contributed by atoms with E-state index in [1.807, 2.05) is 27.7 Å². The molecule has 0 aliphatic carbocycles. The molecule has 0 aromatic heterocycles. The normalized spacial score (nSPS) is 11.3. The minimum Gasteiger partial charge on any atom is -0.463 e. The van der Waals surface area contributed by atoms with Crippen molar-refractivity contribution in [3.05, 3.63) is 0 Å². The average molecular weight is 1250 g/mol. The van der Waals surface area contributed by atoms with Gasteiger partial charge < -0.3 is 47.4 Å². The maximum Gasteiger partial charge on any atom is 0.306 e. The van der Waals surface area contributed by atoms with Crippen molar-refractivity contribution in [3.63, 3.8) is 0 Å². The molecule has 0 aliphatic heterocycles. The van der Waals surface area contributed by atoms with Crippen LogP contribution >= 0.6 is 0 Å². The van der Waals surface area contributed by atoms with Crippen LogP contribution in [-0.2, 0) is 76.1 Å². The van der Waals surface area contributed by atoms with E-state index in [1.165, 1.54) is 0 Å². The molecule has 0 N–H and O–H groups in total. The van der Waals surface area contributed by atoms with Gasteiger partial charge in [0.1, 0.15) is 39.1 Å². The first-order valence-electron chi connectivity index (χ1n) is 32.2. The molecule has 0 aromatic carbocycles. The van der Waals surface area contributed by atoms with Crippen LogP contribution in [0.2, 0.25) is 0 Å². The molecule has 0 rings (SSSR count). The number of carbonyl (C=O) groups is 6. The molecule has 2 atom stereocenters. The summed E-state index contributed by atoms with van der Waals surface area (Å²) < 4.78 is 50.9. The lowest BCUT2D eigenvalue weighted by atomic mass is 10.1. The lowest BCUT2D eigenvalue weighted by Crippen LogP contribution is -2.53. The van der Waals surface area contributed by atoms with Crippen LogP contribution in [0.4, 0.5) is 0 Å². The lowest BCUT2D eigenvalue weighted by molar-refractivity contribution is -0.187. The highest BCUT2D eigenvalue weighted by atomic mass is 16.6. The first-order chi connectivity index (χ1) is 43.1. The van der Waals surface area contributed by atoms with Crippen LogP contribution in [0.15, 0.2) is 0 Å². The number of ether oxygens (including phenoxy) is 10. The zero-order valence-corrected chi connectivity index (χ0v) is 54.0. The largest absolute Gasteiger partial charge is 0.463 e. The molecule has 2 unspecified atom stereocenters. The predicted octanol–water partition coefficient (Wildman–Crippen LogP) is 8.95. The number of unbranched alkanes of at least 4 members (excludes halogenated alkanes) is 20. The first kappa shape index (κ1) is 83.8. The van der Waals surface area contributed by atoms with Gasteiger partial charge >= 0.3 is 11.9 Å². The van der Waals surface area contributed by atoms with Crippen molar-refractivity contribution in [2.24, 2.45) is 0 Å². The number of esters is 2. The third kappa shape index (κ3) is 53.9. The number of nitrogens with zero attached hydrogens (tertiary/aromatic N) is 10. The maximum atomic E-state index is 12.2. The van der Waals surface area contributed by atoms with Crippen molar-refractivity contribution in [1.82, 2.24) is 30.3 Å². The Morgan fingerprint density at radius 2 is 0.682 bits per heavy atom. The Balaban J connectivity index is 0. The topological polar surface area (TPSA) is 309 Å². The van der Waals surface area contributed by atoms with Crippen molar-refractivity contribution >= 4 is 37.6 Å². The fourth-order valence-corrected chi connectivity index (χ4v) is 8.79. The number of hydrogen-bond acceptors (Lipinski definition) is 22. The molecule has 0 spiro atoms. The van der Waals surface area contributed by atoms with Crippen LogP contribution in [-0.4, -0.2) is 199 Å². The summed E-state index contributed by atoms with van der Waals surface area (Å²) in [7, 11) is 0. The molecule has 0 saturated heterocycles. The molecule has 0 fully saturated rings. The Bertz CT molecular complexity index is 1760. The van der Waals surface area contributed by atoms with E-state index >= 15 is 0 Å². The molecule has 0 aromatic rings. The third-order valence-electron chi connectivity index (χ3n) is 13.5. The molecule has 0 saturated carbocycles. The Hall–Kier alpha value is -6.26. The SMILES string of the molecule is CCOCC(C)OCC(C)OC(=O)CCCCCCCN(N(C=O)CCCCCCOC#N)N(C=O)CCCCCCOC#N.CCOCCOCCOC(=O)CCCCCCCN(N(C=O)CCCCCCOC#N)N(C=O)CCCCCCOC#N. The van der Waals surface area contributed by atoms with Crippen molar-refractivity contribution in [2.75, 3.05) is 119 Å². The van der Waals surface area contributed by atoms with E-state index in [2.05, 4.69) is 0 Å². The highest BCUT2D eigenvalue weighted by Gasteiger charge is 2.22. The van der Waals surface area contributed by atoms with Crippen molar-refractivity contribution < 1.29 is 76.1 Å². The quantitative estimate of drug-likeness (QED) is 0.0180. The van der Waals surface area contributed by atoms with Gasteiger partial charge in [0.2, 0.25) is 25.6 Å². The van der Waals surface area contributed by atoms with Crippen LogP contribution < -0.4 is 0 Å². The van der Waals surface area contributed by atoms with E-state index in [9.17, 15) is 28.8 Å². The van der Waals surface area contributed by atoms with Gasteiger partial charge in [0, 0.05) is 65.3 Å². The van der Waals surface area contributed by atoms with E-state index in [4.69, 9.17) is 68.4 Å². The van der Waals surface area contributed by atoms with Crippen molar-refractivity contribution in [3.8, 4) is 25.0 Å². The van der Waals surface area contributed by atoms with Gasteiger partial charge in [0.15, 0.2) is 0 Å². The van der Waals surface area contributed by atoms with Crippen molar-refractivity contribution in [1.29, 1.82) is 21.0 Å². The van der Waals surface area contributed by atoms with Gasteiger partial charge in [-0.2, -0.15) is 21.0 Å². The summed E-state index contributed by atoms with van der Waals surface area (Å²) in [6, 6.07) is 0. The summed E-state index contributed by atoms with van der Waals surface area (Å²) in [4.78, 5) is 72.3. The minimum absolute atomic E-state index is 0.0538. The predicted molar refractivity (Wildman–Crippen MR) is 326 cm³/mol. The monoisotopic (exact) mass is 1250 g/mol. The van der Waals surface area contributed by atoms with Crippen LogP contribution in [0.3, 0.4) is 0 Å². The van der Waals surface area contributed by atoms with Crippen molar-refractivity contribution in [2.45, 2.75) is 220 Å². The Labute approximate surface area is 526 Å².